The van der Waals surface area contributed by atoms with E-state index in [1.165, 1.54) is 0 Å². The average molecular weight is 216 g/mol. The lowest BCUT2D eigenvalue weighted by Crippen LogP contribution is -2.32. The Morgan fingerprint density at radius 3 is 2.55 bits per heavy atom. The highest BCUT2D eigenvalue weighted by Crippen LogP contribution is 2.32. The SMILES string of the molecule is O=C1CCCC(C(Cl)Cl)C1Cl. The highest BCUT2D eigenvalue weighted by atomic mass is 35.5. The Hall–Kier alpha value is 0.540. The first-order valence-electron chi connectivity index (χ1n) is 3.58. The second-order valence-corrected chi connectivity index (χ2v) is 4.39. The topological polar surface area (TPSA) is 17.1 Å². The molecule has 11 heavy (non-hydrogen) atoms. The van der Waals surface area contributed by atoms with Gasteiger partial charge >= 0.3 is 0 Å². The Labute approximate surface area is 81.0 Å². The molecule has 2 atom stereocenters. The molecule has 1 rings (SSSR count). The van der Waals surface area contributed by atoms with Gasteiger partial charge in [0.15, 0.2) is 5.78 Å². The van der Waals surface area contributed by atoms with Crippen molar-refractivity contribution in [1.29, 1.82) is 0 Å². The van der Waals surface area contributed by atoms with Crippen LogP contribution in [0.4, 0.5) is 0 Å². The van der Waals surface area contributed by atoms with Gasteiger partial charge in [0, 0.05) is 12.3 Å². The minimum Gasteiger partial charge on any atom is -0.298 e. The first-order chi connectivity index (χ1) is 5.13. The van der Waals surface area contributed by atoms with Crippen LogP contribution in [0.25, 0.3) is 0 Å². The van der Waals surface area contributed by atoms with Crippen LogP contribution in [0.1, 0.15) is 19.3 Å². The molecule has 4 heteroatoms. The lowest BCUT2D eigenvalue weighted by atomic mass is 9.89. The number of hydrogen-bond donors (Lipinski definition) is 0. The Kier molecular flexibility index (Phi) is 3.48. The lowest BCUT2D eigenvalue weighted by Gasteiger charge is -2.26. The summed E-state index contributed by atoms with van der Waals surface area (Å²) in [6, 6.07) is 0. The Bertz CT molecular complexity index is 158. The number of halogens is 3. The molecule has 2 unspecified atom stereocenters. The zero-order chi connectivity index (χ0) is 8.43. The molecule has 1 fully saturated rings. The second kappa shape index (κ2) is 3.97. The van der Waals surface area contributed by atoms with Gasteiger partial charge in [0.25, 0.3) is 0 Å². The van der Waals surface area contributed by atoms with Crippen LogP contribution in [0.5, 0.6) is 0 Å². The number of alkyl halides is 3. The summed E-state index contributed by atoms with van der Waals surface area (Å²) in [5.41, 5.74) is 0. The Morgan fingerprint density at radius 1 is 1.45 bits per heavy atom. The van der Waals surface area contributed by atoms with Gasteiger partial charge in [-0.1, -0.05) is 0 Å². The summed E-state index contributed by atoms with van der Waals surface area (Å²) in [5.74, 6) is 0.0236. The zero-order valence-electron chi connectivity index (χ0n) is 5.90. The molecule has 0 saturated heterocycles. The molecule has 1 nitrogen and oxygen atoms in total. The van der Waals surface area contributed by atoms with Crippen LogP contribution in [0.15, 0.2) is 0 Å². The van der Waals surface area contributed by atoms with Crippen molar-refractivity contribution >= 4 is 40.6 Å². The molecule has 0 aromatic rings. The van der Waals surface area contributed by atoms with Crippen molar-refractivity contribution < 1.29 is 4.79 Å². The quantitative estimate of drug-likeness (QED) is 0.615. The zero-order valence-corrected chi connectivity index (χ0v) is 8.16. The maximum atomic E-state index is 11.1. The van der Waals surface area contributed by atoms with Crippen molar-refractivity contribution in [2.75, 3.05) is 0 Å². The van der Waals surface area contributed by atoms with Gasteiger partial charge in [0.2, 0.25) is 0 Å². The van der Waals surface area contributed by atoms with Crippen LogP contribution in [-0.4, -0.2) is 16.0 Å². The van der Waals surface area contributed by atoms with Crippen LogP contribution < -0.4 is 0 Å². The van der Waals surface area contributed by atoms with Crippen LogP contribution in [-0.2, 0) is 4.79 Å². The van der Waals surface area contributed by atoms with Crippen molar-refractivity contribution in [2.24, 2.45) is 5.92 Å². The first-order valence-corrected chi connectivity index (χ1v) is 4.89. The van der Waals surface area contributed by atoms with Gasteiger partial charge in [-0.15, -0.1) is 34.8 Å². The molecule has 0 N–H and O–H groups in total. The van der Waals surface area contributed by atoms with Gasteiger partial charge in [-0.3, -0.25) is 4.79 Å². The predicted molar refractivity (Wildman–Crippen MR) is 47.5 cm³/mol. The highest BCUT2D eigenvalue weighted by Gasteiger charge is 2.33. The van der Waals surface area contributed by atoms with Crippen molar-refractivity contribution in [2.45, 2.75) is 29.5 Å². The molecular weight excluding hydrogens is 206 g/mol. The van der Waals surface area contributed by atoms with Crippen molar-refractivity contribution in [1.82, 2.24) is 0 Å². The molecule has 0 aromatic carbocycles. The smallest absolute Gasteiger partial charge is 0.151 e. The molecule has 0 aromatic heterocycles. The normalized spacial score (nSPS) is 32.9. The van der Waals surface area contributed by atoms with Crippen LogP contribution in [0.2, 0.25) is 0 Å². The van der Waals surface area contributed by atoms with E-state index < -0.39 is 10.2 Å². The number of carbonyl (C=O) groups excluding carboxylic acids is 1. The van der Waals surface area contributed by atoms with E-state index in [4.69, 9.17) is 34.8 Å². The number of ketones is 1. The van der Waals surface area contributed by atoms with Crippen molar-refractivity contribution in [3.8, 4) is 0 Å². The van der Waals surface area contributed by atoms with E-state index in [9.17, 15) is 4.79 Å². The summed E-state index contributed by atoms with van der Waals surface area (Å²) in [7, 11) is 0. The molecule has 64 valence electrons. The molecule has 0 amide bonds. The van der Waals surface area contributed by atoms with E-state index in [-0.39, 0.29) is 11.7 Å². The largest absolute Gasteiger partial charge is 0.298 e. The monoisotopic (exact) mass is 214 g/mol. The van der Waals surface area contributed by atoms with E-state index in [2.05, 4.69) is 0 Å². The maximum absolute atomic E-state index is 11.1. The van der Waals surface area contributed by atoms with Gasteiger partial charge in [-0.05, 0) is 12.8 Å². The summed E-state index contributed by atoms with van der Waals surface area (Å²) in [5, 5.41) is -0.469. The summed E-state index contributed by atoms with van der Waals surface area (Å²) in [4.78, 5) is 10.5. The first kappa shape index (κ1) is 9.63. The lowest BCUT2D eigenvalue weighted by molar-refractivity contribution is -0.120. The number of Topliss-reactive ketones (excluding diaryl/α,β-unsaturated/α-hetero) is 1. The van der Waals surface area contributed by atoms with Gasteiger partial charge in [-0.25, -0.2) is 0 Å². The van der Waals surface area contributed by atoms with Crippen LogP contribution >= 0.6 is 34.8 Å². The predicted octanol–water partition coefficient (Wildman–Crippen LogP) is 2.77. The molecule has 0 aliphatic heterocycles. The summed E-state index contributed by atoms with van der Waals surface area (Å²) >= 11 is 17.1. The molecule has 0 spiro atoms. The van der Waals surface area contributed by atoms with Crippen molar-refractivity contribution in [3.63, 3.8) is 0 Å². The van der Waals surface area contributed by atoms with E-state index in [1.807, 2.05) is 0 Å². The summed E-state index contributed by atoms with van der Waals surface area (Å²) < 4.78 is 0. The fraction of sp³-hybridized carbons (Fsp3) is 0.857. The maximum Gasteiger partial charge on any atom is 0.151 e. The van der Waals surface area contributed by atoms with Gasteiger partial charge in [-0.2, -0.15) is 0 Å². The fourth-order valence-electron chi connectivity index (χ4n) is 1.29. The Morgan fingerprint density at radius 2 is 2.09 bits per heavy atom. The molecule has 0 bridgehead atoms. The van der Waals surface area contributed by atoms with Gasteiger partial charge < -0.3 is 0 Å². The third-order valence-electron chi connectivity index (χ3n) is 1.97. The highest BCUT2D eigenvalue weighted by molar-refractivity contribution is 6.45. The molecule has 1 aliphatic rings. The molecule has 0 radical (unpaired) electrons. The third kappa shape index (κ3) is 2.24. The molecule has 1 aliphatic carbocycles. The van der Waals surface area contributed by atoms with E-state index in [1.54, 1.807) is 0 Å². The number of carbonyl (C=O) groups is 1. The average Bonchev–Trinajstić information content (AvgIpc) is 1.94. The molecular formula is C7H9Cl3O. The van der Waals surface area contributed by atoms with E-state index >= 15 is 0 Å². The standard InChI is InChI=1S/C7H9Cl3O/c8-6-4(7(9)10)2-1-3-5(6)11/h4,6-7H,1-3H2. The second-order valence-electron chi connectivity index (χ2n) is 2.76. The molecule has 1 saturated carbocycles. The van der Waals surface area contributed by atoms with Crippen molar-refractivity contribution in [3.05, 3.63) is 0 Å². The fourth-order valence-corrected chi connectivity index (χ4v) is 2.36. The minimum absolute atomic E-state index is 0.0544. The van der Waals surface area contributed by atoms with E-state index in [0.717, 1.165) is 12.8 Å². The van der Waals surface area contributed by atoms with E-state index in [0.29, 0.717) is 6.42 Å². The molecule has 0 heterocycles. The summed E-state index contributed by atoms with van der Waals surface area (Å²) in [6.07, 6.45) is 2.30. The number of hydrogen-bond acceptors (Lipinski definition) is 1. The number of rotatable bonds is 1. The van der Waals surface area contributed by atoms with Gasteiger partial charge in [0.05, 0.1) is 5.38 Å². The van der Waals surface area contributed by atoms with Gasteiger partial charge in [0.1, 0.15) is 4.84 Å². The summed E-state index contributed by atoms with van der Waals surface area (Å²) in [6.45, 7) is 0. The van der Waals surface area contributed by atoms with Crippen LogP contribution in [0, 0.1) is 5.92 Å². The Balaban J connectivity index is 2.58. The third-order valence-corrected chi connectivity index (χ3v) is 3.18. The van der Waals surface area contributed by atoms with Crippen LogP contribution in [0.3, 0.4) is 0 Å². The minimum atomic E-state index is -0.512.